The van der Waals surface area contributed by atoms with Crippen molar-refractivity contribution in [2.24, 2.45) is 5.10 Å². The molecule has 0 spiro atoms. The standard InChI is InChI=1S/C16H16FN3S/c1-11-6-5-7-12(2)15(11)19-16(21)20-18-10-13-8-3-4-9-14(13)17/h3-10H,1-2H3,(H2,19,20,21)/b18-10+. The lowest BCUT2D eigenvalue weighted by molar-refractivity contribution is 0.626. The summed E-state index contributed by atoms with van der Waals surface area (Å²) in [6.45, 7) is 4.00. The van der Waals surface area contributed by atoms with Crippen LogP contribution in [0.3, 0.4) is 0 Å². The van der Waals surface area contributed by atoms with Crippen LogP contribution in [0.2, 0.25) is 0 Å². The van der Waals surface area contributed by atoms with Crippen LogP contribution in [0, 0.1) is 19.7 Å². The molecule has 0 atom stereocenters. The lowest BCUT2D eigenvalue weighted by Crippen LogP contribution is -2.24. The summed E-state index contributed by atoms with van der Waals surface area (Å²) in [5.74, 6) is -0.323. The van der Waals surface area contributed by atoms with Crippen molar-refractivity contribution < 1.29 is 4.39 Å². The number of halogens is 1. The fourth-order valence-corrected chi connectivity index (χ4v) is 2.05. The van der Waals surface area contributed by atoms with Gasteiger partial charge in [-0.15, -0.1) is 0 Å². The molecular weight excluding hydrogens is 285 g/mol. The van der Waals surface area contributed by atoms with Crippen LogP contribution in [0.25, 0.3) is 0 Å². The minimum Gasteiger partial charge on any atom is -0.331 e. The van der Waals surface area contributed by atoms with Gasteiger partial charge in [0.2, 0.25) is 0 Å². The van der Waals surface area contributed by atoms with Crippen molar-refractivity contribution >= 4 is 29.2 Å². The van der Waals surface area contributed by atoms with Gasteiger partial charge in [-0.05, 0) is 43.3 Å². The van der Waals surface area contributed by atoms with Gasteiger partial charge in [-0.2, -0.15) is 5.10 Å². The summed E-state index contributed by atoms with van der Waals surface area (Å²) in [5.41, 5.74) is 6.23. The van der Waals surface area contributed by atoms with Crippen LogP contribution < -0.4 is 10.7 Å². The van der Waals surface area contributed by atoms with Crippen molar-refractivity contribution in [2.75, 3.05) is 5.32 Å². The maximum atomic E-state index is 13.4. The van der Waals surface area contributed by atoms with Gasteiger partial charge in [0.1, 0.15) is 5.82 Å². The Labute approximate surface area is 128 Å². The van der Waals surface area contributed by atoms with E-state index in [0.717, 1.165) is 16.8 Å². The molecule has 0 saturated carbocycles. The molecule has 2 rings (SSSR count). The van der Waals surface area contributed by atoms with Crippen LogP contribution in [0.5, 0.6) is 0 Å². The van der Waals surface area contributed by atoms with E-state index in [1.54, 1.807) is 18.2 Å². The van der Waals surface area contributed by atoms with Crippen molar-refractivity contribution in [2.45, 2.75) is 13.8 Å². The summed E-state index contributed by atoms with van der Waals surface area (Å²) in [5, 5.41) is 7.39. The third kappa shape index (κ3) is 4.10. The van der Waals surface area contributed by atoms with Crippen LogP contribution in [0.15, 0.2) is 47.6 Å². The van der Waals surface area contributed by atoms with E-state index in [4.69, 9.17) is 12.2 Å². The molecule has 0 aliphatic carbocycles. The second-order valence-corrected chi connectivity index (χ2v) is 5.02. The zero-order chi connectivity index (χ0) is 15.2. The normalized spacial score (nSPS) is 10.6. The average Bonchev–Trinajstić information content (AvgIpc) is 2.45. The van der Waals surface area contributed by atoms with Gasteiger partial charge in [-0.3, -0.25) is 5.43 Å². The van der Waals surface area contributed by atoms with E-state index in [9.17, 15) is 4.39 Å². The van der Waals surface area contributed by atoms with E-state index in [0.29, 0.717) is 10.7 Å². The molecule has 0 unspecified atom stereocenters. The maximum absolute atomic E-state index is 13.4. The van der Waals surface area contributed by atoms with E-state index >= 15 is 0 Å². The molecule has 0 aliphatic heterocycles. The van der Waals surface area contributed by atoms with E-state index in [1.807, 2.05) is 32.0 Å². The Morgan fingerprint density at radius 1 is 1.10 bits per heavy atom. The summed E-state index contributed by atoms with van der Waals surface area (Å²) in [6.07, 6.45) is 1.40. The summed E-state index contributed by atoms with van der Waals surface area (Å²) in [7, 11) is 0. The van der Waals surface area contributed by atoms with Gasteiger partial charge in [0, 0.05) is 11.3 Å². The molecule has 108 valence electrons. The SMILES string of the molecule is Cc1cccc(C)c1NC(=S)N/N=C/c1ccccc1F. The van der Waals surface area contributed by atoms with Crippen LogP contribution in [0.1, 0.15) is 16.7 Å². The van der Waals surface area contributed by atoms with Crippen molar-refractivity contribution in [3.8, 4) is 0 Å². The molecule has 0 aliphatic rings. The Morgan fingerprint density at radius 2 is 1.76 bits per heavy atom. The minimum absolute atomic E-state index is 0.323. The Morgan fingerprint density at radius 3 is 2.43 bits per heavy atom. The largest absolute Gasteiger partial charge is 0.331 e. The van der Waals surface area contributed by atoms with E-state index in [2.05, 4.69) is 15.8 Å². The average molecular weight is 301 g/mol. The highest BCUT2D eigenvalue weighted by Crippen LogP contribution is 2.19. The highest BCUT2D eigenvalue weighted by molar-refractivity contribution is 7.80. The predicted octanol–water partition coefficient (Wildman–Crippen LogP) is 3.76. The molecule has 0 heterocycles. The summed E-state index contributed by atoms with van der Waals surface area (Å²) in [4.78, 5) is 0. The first-order valence-corrected chi connectivity index (χ1v) is 6.89. The number of rotatable bonds is 3. The molecule has 0 aromatic heterocycles. The Balaban J connectivity index is 1.98. The lowest BCUT2D eigenvalue weighted by atomic mass is 10.1. The quantitative estimate of drug-likeness (QED) is 0.515. The fourth-order valence-electron chi connectivity index (χ4n) is 1.89. The Hall–Kier alpha value is -2.27. The van der Waals surface area contributed by atoms with Crippen LogP contribution in [0.4, 0.5) is 10.1 Å². The molecule has 5 heteroatoms. The van der Waals surface area contributed by atoms with Crippen LogP contribution in [-0.4, -0.2) is 11.3 Å². The van der Waals surface area contributed by atoms with Gasteiger partial charge in [-0.1, -0.05) is 36.4 Å². The number of hydrogen-bond acceptors (Lipinski definition) is 2. The van der Waals surface area contributed by atoms with E-state index < -0.39 is 0 Å². The van der Waals surface area contributed by atoms with Crippen molar-refractivity contribution in [3.63, 3.8) is 0 Å². The minimum atomic E-state index is -0.323. The molecule has 0 saturated heterocycles. The number of nitrogens with zero attached hydrogens (tertiary/aromatic N) is 1. The highest BCUT2D eigenvalue weighted by Gasteiger charge is 2.03. The maximum Gasteiger partial charge on any atom is 0.191 e. The van der Waals surface area contributed by atoms with Gasteiger partial charge in [-0.25, -0.2) is 4.39 Å². The van der Waals surface area contributed by atoms with Gasteiger partial charge in [0.15, 0.2) is 5.11 Å². The number of para-hydroxylation sites is 1. The first-order chi connectivity index (χ1) is 10.1. The van der Waals surface area contributed by atoms with Crippen molar-refractivity contribution in [3.05, 3.63) is 65.0 Å². The van der Waals surface area contributed by atoms with Gasteiger partial charge >= 0.3 is 0 Å². The lowest BCUT2D eigenvalue weighted by Gasteiger charge is -2.12. The molecule has 0 bridgehead atoms. The summed E-state index contributed by atoms with van der Waals surface area (Å²) >= 11 is 5.17. The second kappa shape index (κ2) is 6.95. The molecule has 3 nitrogen and oxygen atoms in total. The third-order valence-corrected chi connectivity index (χ3v) is 3.19. The molecule has 2 N–H and O–H groups in total. The zero-order valence-electron chi connectivity index (χ0n) is 11.9. The molecule has 0 radical (unpaired) electrons. The zero-order valence-corrected chi connectivity index (χ0v) is 12.7. The number of hydrogen-bond donors (Lipinski definition) is 2. The van der Waals surface area contributed by atoms with E-state index in [1.165, 1.54) is 12.3 Å². The predicted molar refractivity (Wildman–Crippen MR) is 89.3 cm³/mol. The summed E-state index contributed by atoms with van der Waals surface area (Å²) in [6, 6.07) is 12.4. The smallest absolute Gasteiger partial charge is 0.191 e. The number of nitrogens with one attached hydrogen (secondary N) is 2. The molecule has 2 aromatic rings. The Kier molecular flexibility index (Phi) is 5.00. The Bertz CT molecular complexity index is 663. The molecular formula is C16H16FN3S. The monoisotopic (exact) mass is 301 g/mol. The molecule has 0 fully saturated rings. The van der Waals surface area contributed by atoms with Crippen molar-refractivity contribution in [1.82, 2.24) is 5.43 Å². The first-order valence-electron chi connectivity index (χ1n) is 6.48. The molecule has 2 aromatic carbocycles. The first kappa shape index (κ1) is 15.1. The second-order valence-electron chi connectivity index (χ2n) is 4.61. The third-order valence-electron chi connectivity index (χ3n) is 2.99. The van der Waals surface area contributed by atoms with E-state index in [-0.39, 0.29) is 5.82 Å². The van der Waals surface area contributed by atoms with Crippen LogP contribution >= 0.6 is 12.2 Å². The number of thiocarbonyl (C=S) groups is 1. The number of aryl methyl sites for hydroxylation is 2. The molecule has 0 amide bonds. The fraction of sp³-hybridized carbons (Fsp3) is 0.125. The highest BCUT2D eigenvalue weighted by atomic mass is 32.1. The van der Waals surface area contributed by atoms with Gasteiger partial charge in [0.05, 0.1) is 6.21 Å². The van der Waals surface area contributed by atoms with Crippen molar-refractivity contribution in [1.29, 1.82) is 0 Å². The summed E-state index contributed by atoms with van der Waals surface area (Å²) < 4.78 is 13.4. The molecule has 21 heavy (non-hydrogen) atoms. The number of benzene rings is 2. The topological polar surface area (TPSA) is 36.4 Å². The van der Waals surface area contributed by atoms with Gasteiger partial charge < -0.3 is 5.32 Å². The number of hydrazone groups is 1. The number of anilines is 1. The van der Waals surface area contributed by atoms with Crippen LogP contribution in [-0.2, 0) is 0 Å². The van der Waals surface area contributed by atoms with Gasteiger partial charge in [0.25, 0.3) is 0 Å².